The number of fused-ring (bicyclic) bond motifs is 1. The van der Waals surface area contributed by atoms with Gasteiger partial charge in [0.05, 0.1) is 17.8 Å². The molecule has 0 fully saturated rings. The Bertz CT molecular complexity index is 828. The Labute approximate surface area is 141 Å². The minimum absolute atomic E-state index is 0.339. The van der Waals surface area contributed by atoms with E-state index in [2.05, 4.69) is 10.6 Å². The van der Waals surface area contributed by atoms with Crippen LogP contribution in [-0.2, 0) is 0 Å². The molecule has 3 rings (SSSR count). The predicted octanol–water partition coefficient (Wildman–Crippen LogP) is 4.08. The first-order chi connectivity index (χ1) is 11.6. The number of nitrogens with one attached hydrogen (secondary N) is 2. The summed E-state index contributed by atoms with van der Waals surface area (Å²) in [6.07, 6.45) is -0.760. The lowest BCUT2D eigenvalue weighted by atomic mass is 10.0. The Hall–Kier alpha value is -2.85. The summed E-state index contributed by atoms with van der Waals surface area (Å²) in [5.41, 5.74) is 1.52. The predicted molar refractivity (Wildman–Crippen MR) is 97.0 cm³/mol. The number of anilines is 1. The third kappa shape index (κ3) is 3.55. The van der Waals surface area contributed by atoms with Crippen molar-refractivity contribution >= 4 is 22.5 Å². The molecule has 2 atom stereocenters. The minimum atomic E-state index is -0.760. The van der Waals surface area contributed by atoms with Crippen LogP contribution < -0.4 is 10.6 Å². The minimum Gasteiger partial charge on any atom is -0.386 e. The fourth-order valence-corrected chi connectivity index (χ4v) is 2.72. The number of carbonyl (C=O) groups is 1. The fraction of sp³-hybridized carbons (Fsp3) is 0.150. The van der Waals surface area contributed by atoms with Gasteiger partial charge in [-0.2, -0.15) is 0 Å². The number of benzene rings is 3. The first-order valence-electron chi connectivity index (χ1n) is 7.93. The molecule has 122 valence electrons. The standard InChI is InChI=1S/C20H20N2O2/c1-14(19(23)16-9-3-2-4-10-16)21-20(24)22-18-13-7-11-15-8-5-6-12-17(15)18/h2-14,19,23H,1H3,(H2,21,22,24)/t14-,19+/m1/s1. The number of hydrogen-bond acceptors (Lipinski definition) is 2. The van der Waals surface area contributed by atoms with Gasteiger partial charge in [-0.25, -0.2) is 4.79 Å². The van der Waals surface area contributed by atoms with Crippen LogP contribution in [0.2, 0.25) is 0 Å². The molecule has 4 heteroatoms. The molecule has 0 aliphatic carbocycles. The van der Waals surface area contributed by atoms with Crippen LogP contribution in [-0.4, -0.2) is 17.2 Å². The summed E-state index contributed by atoms with van der Waals surface area (Å²) in [4.78, 5) is 12.3. The maximum atomic E-state index is 12.3. The lowest BCUT2D eigenvalue weighted by Crippen LogP contribution is -2.39. The van der Waals surface area contributed by atoms with Crippen molar-refractivity contribution in [1.29, 1.82) is 0 Å². The van der Waals surface area contributed by atoms with Crippen LogP contribution in [0.4, 0.5) is 10.5 Å². The van der Waals surface area contributed by atoms with Gasteiger partial charge in [0.2, 0.25) is 0 Å². The van der Waals surface area contributed by atoms with Gasteiger partial charge in [0, 0.05) is 5.39 Å². The number of hydrogen-bond donors (Lipinski definition) is 3. The second-order valence-corrected chi connectivity index (χ2v) is 5.77. The van der Waals surface area contributed by atoms with Crippen LogP contribution in [0.15, 0.2) is 72.8 Å². The van der Waals surface area contributed by atoms with E-state index in [1.54, 1.807) is 6.92 Å². The molecule has 0 spiro atoms. The molecule has 0 heterocycles. The Kier molecular flexibility index (Phi) is 4.77. The normalized spacial score (nSPS) is 13.2. The van der Waals surface area contributed by atoms with E-state index in [0.717, 1.165) is 22.0 Å². The molecule has 0 aromatic heterocycles. The summed E-state index contributed by atoms with van der Waals surface area (Å²) in [6, 6.07) is 22.2. The second-order valence-electron chi connectivity index (χ2n) is 5.77. The van der Waals surface area contributed by atoms with Gasteiger partial charge in [-0.05, 0) is 23.9 Å². The topological polar surface area (TPSA) is 61.4 Å². The molecule has 3 N–H and O–H groups in total. The summed E-state index contributed by atoms with van der Waals surface area (Å²) in [7, 11) is 0. The zero-order chi connectivity index (χ0) is 16.9. The zero-order valence-electron chi connectivity index (χ0n) is 13.4. The molecule has 0 bridgehead atoms. The molecule has 3 aromatic carbocycles. The van der Waals surface area contributed by atoms with Crippen LogP contribution in [0.25, 0.3) is 10.8 Å². The lowest BCUT2D eigenvalue weighted by molar-refractivity contribution is 0.139. The highest BCUT2D eigenvalue weighted by atomic mass is 16.3. The van der Waals surface area contributed by atoms with E-state index in [1.807, 2.05) is 72.8 Å². The van der Waals surface area contributed by atoms with Gasteiger partial charge in [0.25, 0.3) is 0 Å². The van der Waals surface area contributed by atoms with E-state index in [-0.39, 0.29) is 6.03 Å². The first-order valence-corrected chi connectivity index (χ1v) is 7.93. The fourth-order valence-electron chi connectivity index (χ4n) is 2.72. The Morgan fingerprint density at radius 3 is 2.38 bits per heavy atom. The van der Waals surface area contributed by atoms with Gasteiger partial charge in [-0.1, -0.05) is 66.7 Å². The van der Waals surface area contributed by atoms with Crippen molar-refractivity contribution in [3.05, 3.63) is 78.4 Å². The van der Waals surface area contributed by atoms with Crippen LogP contribution in [0, 0.1) is 0 Å². The van der Waals surface area contributed by atoms with Crippen LogP contribution in [0.5, 0.6) is 0 Å². The smallest absolute Gasteiger partial charge is 0.319 e. The third-order valence-electron chi connectivity index (χ3n) is 4.01. The maximum absolute atomic E-state index is 12.3. The van der Waals surface area contributed by atoms with Gasteiger partial charge in [-0.15, -0.1) is 0 Å². The van der Waals surface area contributed by atoms with Crippen LogP contribution >= 0.6 is 0 Å². The highest BCUT2D eigenvalue weighted by molar-refractivity contribution is 6.01. The first kappa shape index (κ1) is 16.0. The van der Waals surface area contributed by atoms with Crippen LogP contribution in [0.1, 0.15) is 18.6 Å². The Morgan fingerprint density at radius 1 is 0.917 bits per heavy atom. The van der Waals surface area contributed by atoms with Crippen molar-refractivity contribution in [2.45, 2.75) is 19.1 Å². The van der Waals surface area contributed by atoms with E-state index in [0.29, 0.717) is 0 Å². The largest absolute Gasteiger partial charge is 0.386 e. The highest BCUT2D eigenvalue weighted by Crippen LogP contribution is 2.23. The zero-order valence-corrected chi connectivity index (χ0v) is 13.4. The number of rotatable bonds is 4. The third-order valence-corrected chi connectivity index (χ3v) is 4.01. The average Bonchev–Trinajstić information content (AvgIpc) is 2.62. The lowest BCUT2D eigenvalue weighted by Gasteiger charge is -2.21. The van der Waals surface area contributed by atoms with Crippen molar-refractivity contribution < 1.29 is 9.90 Å². The quantitative estimate of drug-likeness (QED) is 0.678. The van der Waals surface area contributed by atoms with Gasteiger partial charge >= 0.3 is 6.03 Å². The van der Waals surface area contributed by atoms with E-state index in [1.165, 1.54) is 0 Å². The van der Waals surface area contributed by atoms with E-state index in [9.17, 15) is 9.90 Å². The van der Waals surface area contributed by atoms with E-state index >= 15 is 0 Å². The molecule has 3 aromatic rings. The van der Waals surface area contributed by atoms with E-state index < -0.39 is 12.1 Å². The summed E-state index contributed by atoms with van der Waals surface area (Å²) >= 11 is 0. The summed E-state index contributed by atoms with van der Waals surface area (Å²) in [6.45, 7) is 1.78. The van der Waals surface area contributed by atoms with Crippen molar-refractivity contribution in [2.24, 2.45) is 0 Å². The van der Waals surface area contributed by atoms with Crippen molar-refractivity contribution in [3.63, 3.8) is 0 Å². The molecule has 0 saturated heterocycles. The van der Waals surface area contributed by atoms with Gasteiger partial charge in [0.1, 0.15) is 0 Å². The molecular weight excluding hydrogens is 300 g/mol. The van der Waals surface area contributed by atoms with Gasteiger partial charge in [-0.3, -0.25) is 0 Å². The summed E-state index contributed by atoms with van der Waals surface area (Å²) in [5.74, 6) is 0. The number of amides is 2. The molecule has 4 nitrogen and oxygen atoms in total. The summed E-state index contributed by atoms with van der Waals surface area (Å²) in [5, 5.41) is 18.0. The Balaban J connectivity index is 1.69. The molecule has 0 unspecified atom stereocenters. The van der Waals surface area contributed by atoms with Crippen LogP contribution in [0.3, 0.4) is 0 Å². The average molecular weight is 320 g/mol. The number of aliphatic hydroxyl groups excluding tert-OH is 1. The second kappa shape index (κ2) is 7.15. The van der Waals surface area contributed by atoms with Crippen molar-refractivity contribution in [2.75, 3.05) is 5.32 Å². The Morgan fingerprint density at radius 2 is 1.58 bits per heavy atom. The van der Waals surface area contributed by atoms with Gasteiger partial charge < -0.3 is 15.7 Å². The van der Waals surface area contributed by atoms with E-state index in [4.69, 9.17) is 0 Å². The molecule has 0 aliphatic heterocycles. The number of urea groups is 1. The SMILES string of the molecule is C[C@@H](NC(=O)Nc1cccc2ccccc12)[C@H](O)c1ccccc1. The number of aliphatic hydroxyl groups is 1. The molecule has 2 amide bonds. The van der Waals surface area contributed by atoms with Crippen molar-refractivity contribution in [3.8, 4) is 0 Å². The molecule has 0 aliphatic rings. The molecular formula is C20H20N2O2. The number of carbonyl (C=O) groups excluding carboxylic acids is 1. The van der Waals surface area contributed by atoms with Crippen molar-refractivity contribution in [1.82, 2.24) is 5.32 Å². The molecule has 24 heavy (non-hydrogen) atoms. The van der Waals surface area contributed by atoms with Gasteiger partial charge in [0.15, 0.2) is 0 Å². The highest BCUT2D eigenvalue weighted by Gasteiger charge is 2.18. The molecule has 0 saturated carbocycles. The monoisotopic (exact) mass is 320 g/mol. The molecule has 0 radical (unpaired) electrons. The maximum Gasteiger partial charge on any atom is 0.319 e. The summed E-state index contributed by atoms with van der Waals surface area (Å²) < 4.78 is 0.